The van der Waals surface area contributed by atoms with Crippen LogP contribution in [0.1, 0.15) is 158 Å². The predicted molar refractivity (Wildman–Crippen MR) is 341 cm³/mol. The molecule has 398 valence electrons. The Balaban J connectivity index is 1.29. The first-order valence-electron chi connectivity index (χ1n) is 28.6. The molecule has 9 aromatic rings. The Labute approximate surface area is 468 Å². The highest BCUT2D eigenvalue weighted by molar-refractivity contribution is 7.00. The average Bonchev–Trinajstić information content (AvgIpc) is 3.14. The number of anilines is 9. The lowest BCUT2D eigenvalue weighted by atomic mass is 9.33. The van der Waals surface area contributed by atoms with Gasteiger partial charge in [-0.25, -0.2) is 0 Å². The van der Waals surface area contributed by atoms with Crippen LogP contribution in [0.2, 0.25) is 0 Å². The topological polar surface area (TPSA) is 14.7 Å². The van der Waals surface area contributed by atoms with E-state index in [0.717, 1.165) is 22.7 Å². The van der Waals surface area contributed by atoms with Gasteiger partial charge in [0.05, 0.1) is 11.2 Å². The van der Waals surface area contributed by atoms with Crippen molar-refractivity contribution < 1.29 is 0 Å². The van der Waals surface area contributed by atoms with Gasteiger partial charge in [0.15, 0.2) is 0 Å². The van der Waals surface area contributed by atoms with Crippen LogP contribution in [0.25, 0.3) is 21.8 Å². The van der Waals surface area contributed by atoms with E-state index in [1.165, 1.54) is 100 Å². The van der Waals surface area contributed by atoms with Gasteiger partial charge in [-0.1, -0.05) is 203 Å². The first-order chi connectivity index (χ1) is 36.4. The lowest BCUT2D eigenvalue weighted by Gasteiger charge is -2.46. The van der Waals surface area contributed by atoms with Gasteiger partial charge in [0, 0.05) is 68.8 Å². The molecule has 0 N–H and O–H groups in total. The molecule has 78 heavy (non-hydrogen) atoms. The molecule has 2 aliphatic heterocycles. The van der Waals surface area contributed by atoms with E-state index < -0.39 is 0 Å². The minimum atomic E-state index is -0.173. The molecule has 0 saturated carbocycles. The highest BCUT2D eigenvalue weighted by atomic mass is 15.2. The van der Waals surface area contributed by atoms with E-state index in [1.54, 1.807) is 0 Å². The van der Waals surface area contributed by atoms with Crippen LogP contribution in [0.3, 0.4) is 0 Å². The third-order valence-electron chi connectivity index (χ3n) is 17.1. The molecule has 11 rings (SSSR count). The van der Waals surface area contributed by atoms with Crippen molar-refractivity contribution in [3.8, 4) is 0 Å². The zero-order valence-corrected chi connectivity index (χ0v) is 50.4. The number of nitrogens with zero attached hydrogens (tertiary/aromatic N) is 4. The highest BCUT2D eigenvalue weighted by Crippen LogP contribution is 2.51. The van der Waals surface area contributed by atoms with Crippen LogP contribution in [0.4, 0.5) is 51.2 Å². The van der Waals surface area contributed by atoms with Crippen molar-refractivity contribution in [2.75, 3.05) is 14.7 Å². The molecule has 5 heteroatoms. The van der Waals surface area contributed by atoms with Gasteiger partial charge in [-0.05, 0) is 161 Å². The van der Waals surface area contributed by atoms with Crippen molar-refractivity contribution >= 4 is 96.1 Å². The Morgan fingerprint density at radius 3 is 1.21 bits per heavy atom. The van der Waals surface area contributed by atoms with Crippen molar-refractivity contribution in [1.29, 1.82) is 0 Å². The first-order valence-corrected chi connectivity index (χ1v) is 28.6. The van der Waals surface area contributed by atoms with E-state index in [9.17, 15) is 0 Å². The summed E-state index contributed by atoms with van der Waals surface area (Å²) < 4.78 is 2.45. The Morgan fingerprint density at radius 1 is 0.333 bits per heavy atom. The fourth-order valence-electron chi connectivity index (χ4n) is 12.3. The number of benzene rings is 8. The van der Waals surface area contributed by atoms with Crippen LogP contribution in [0.15, 0.2) is 158 Å². The fourth-order valence-corrected chi connectivity index (χ4v) is 12.3. The van der Waals surface area contributed by atoms with E-state index in [0.29, 0.717) is 0 Å². The molecular weight excluding hydrogens is 944 g/mol. The van der Waals surface area contributed by atoms with Crippen molar-refractivity contribution in [2.24, 2.45) is 7.05 Å². The minimum absolute atomic E-state index is 0.0140. The molecule has 8 aromatic carbocycles. The third kappa shape index (κ3) is 9.03. The monoisotopic (exact) mass is 1030 g/mol. The maximum absolute atomic E-state index is 2.68. The van der Waals surface area contributed by atoms with E-state index in [4.69, 9.17) is 0 Å². The van der Waals surface area contributed by atoms with Crippen LogP contribution in [0.5, 0.6) is 0 Å². The number of rotatable bonds is 5. The highest BCUT2D eigenvalue weighted by Gasteiger charge is 2.46. The van der Waals surface area contributed by atoms with Crippen LogP contribution in [-0.2, 0) is 39.5 Å². The molecule has 1 aromatic heterocycles. The Hall–Kier alpha value is -6.98. The third-order valence-corrected chi connectivity index (χ3v) is 17.1. The number of fused-ring (bicyclic) bond motifs is 7. The van der Waals surface area contributed by atoms with Crippen molar-refractivity contribution in [3.63, 3.8) is 0 Å². The molecule has 0 atom stereocenters. The Bertz CT molecular complexity index is 3740. The lowest BCUT2D eigenvalue weighted by Crippen LogP contribution is -2.61. The smallest absolute Gasteiger partial charge is 0.252 e. The van der Waals surface area contributed by atoms with Gasteiger partial charge in [-0.2, -0.15) is 0 Å². The molecule has 0 unspecified atom stereocenters. The number of hydrogen-bond donors (Lipinski definition) is 0. The van der Waals surface area contributed by atoms with Crippen molar-refractivity contribution in [2.45, 2.75) is 157 Å². The molecule has 0 aliphatic carbocycles. The van der Waals surface area contributed by atoms with E-state index in [1.807, 2.05) is 0 Å². The molecule has 0 radical (unpaired) electrons. The predicted octanol–water partition coefficient (Wildman–Crippen LogP) is 18.7. The molecule has 4 nitrogen and oxygen atoms in total. The molecule has 0 spiro atoms. The molecule has 3 heterocycles. The van der Waals surface area contributed by atoms with Crippen molar-refractivity contribution in [3.05, 3.63) is 191 Å². The van der Waals surface area contributed by atoms with Gasteiger partial charge in [-0.15, -0.1) is 0 Å². The van der Waals surface area contributed by atoms with Crippen molar-refractivity contribution in [1.82, 2.24) is 4.57 Å². The molecular formula is C73H83BN4. The summed E-state index contributed by atoms with van der Waals surface area (Å²) in [6.45, 7) is 42.0. The number of para-hydroxylation sites is 1. The second-order valence-corrected chi connectivity index (χ2v) is 29.0. The summed E-state index contributed by atoms with van der Waals surface area (Å²) in [5.74, 6) is 0. The van der Waals surface area contributed by atoms with Crippen LogP contribution >= 0.6 is 0 Å². The van der Waals surface area contributed by atoms with E-state index >= 15 is 0 Å². The summed E-state index contributed by atoms with van der Waals surface area (Å²) >= 11 is 0. The number of aromatic nitrogens is 1. The first kappa shape index (κ1) is 53.0. The normalized spacial score (nSPS) is 14.0. The average molecular weight is 1030 g/mol. The maximum atomic E-state index is 2.68. The fraction of sp³-hybridized carbons (Fsp3) is 0.342. The standard InChI is InChI=1S/C73H83BN4/c1-68(2,3)46-24-32-52(33-25-46)76(53-34-26-47(27-35-53)69(4,5)6)55-44-57-56-22-20-21-23-60(56)75(19)67(57)65(45-55)78-62-39-31-50(72(13,14)15)41-59(62)74-58-40-49(71(10,11)12)30-38-61(58)77(54-36-28-48(29-37-54)70(7,8)9)63-42-51(73(16,17)18)43-64(78)66(63)74/h20-45H,1-19H3. The summed E-state index contributed by atoms with van der Waals surface area (Å²) in [6.07, 6.45) is 0. The van der Waals surface area contributed by atoms with Gasteiger partial charge in [-0.3, -0.25) is 0 Å². The molecule has 0 fully saturated rings. The van der Waals surface area contributed by atoms with Crippen LogP contribution in [0, 0.1) is 0 Å². The number of aryl methyl sites for hydroxylation is 1. The molecule has 0 bridgehead atoms. The van der Waals surface area contributed by atoms with Gasteiger partial charge in [0.1, 0.15) is 0 Å². The van der Waals surface area contributed by atoms with E-state index in [2.05, 4.69) is 309 Å². The maximum Gasteiger partial charge on any atom is 0.252 e. The van der Waals surface area contributed by atoms with Gasteiger partial charge in [0.2, 0.25) is 0 Å². The zero-order chi connectivity index (χ0) is 56.0. The zero-order valence-electron chi connectivity index (χ0n) is 50.4. The molecule has 2 aliphatic rings. The molecule has 0 saturated heterocycles. The quantitative estimate of drug-likeness (QED) is 0.160. The van der Waals surface area contributed by atoms with Crippen LogP contribution in [-0.4, -0.2) is 11.3 Å². The Kier molecular flexibility index (Phi) is 12.3. The largest absolute Gasteiger partial charge is 0.342 e. The van der Waals surface area contributed by atoms with Gasteiger partial charge >= 0.3 is 0 Å². The second kappa shape index (κ2) is 18.0. The number of hydrogen-bond acceptors (Lipinski definition) is 3. The van der Waals surface area contributed by atoms with Crippen LogP contribution < -0.4 is 31.1 Å². The lowest BCUT2D eigenvalue weighted by molar-refractivity contribution is 0.589. The second-order valence-electron chi connectivity index (χ2n) is 29.0. The SMILES string of the molecule is Cn1c2ccccc2c2cc(N(c3ccc(C(C)(C)C)cc3)c3ccc(C(C)(C)C)cc3)cc(N3c4ccc(C(C)(C)C)cc4B4c5cc(C(C)(C)C)ccc5N(c5ccc(C(C)(C)C)cc5)c5cc(C(C)(C)C)cc3c54)c21. The van der Waals surface area contributed by atoms with Gasteiger partial charge in [0.25, 0.3) is 6.71 Å². The summed E-state index contributed by atoms with van der Waals surface area (Å²) in [5, 5.41) is 2.46. The van der Waals surface area contributed by atoms with E-state index in [-0.39, 0.29) is 39.2 Å². The molecule has 0 amide bonds. The summed E-state index contributed by atoms with van der Waals surface area (Å²) in [6, 6.07) is 61.9. The Morgan fingerprint density at radius 2 is 0.744 bits per heavy atom. The summed E-state index contributed by atoms with van der Waals surface area (Å²) in [5.41, 5.74) is 24.7. The summed E-state index contributed by atoms with van der Waals surface area (Å²) in [4.78, 5) is 7.77. The minimum Gasteiger partial charge on any atom is -0.342 e. The summed E-state index contributed by atoms with van der Waals surface area (Å²) in [7, 11) is 2.27. The van der Waals surface area contributed by atoms with Gasteiger partial charge < -0.3 is 19.3 Å².